The van der Waals surface area contributed by atoms with Gasteiger partial charge in [0.2, 0.25) is 5.78 Å². The fourth-order valence-corrected chi connectivity index (χ4v) is 2.65. The Morgan fingerprint density at radius 2 is 1.94 bits per heavy atom. The molecule has 16 heavy (non-hydrogen) atoms. The van der Waals surface area contributed by atoms with Crippen LogP contribution in [0.2, 0.25) is 0 Å². The first-order valence-electron chi connectivity index (χ1n) is 5.09. The number of hydrogen-bond donors (Lipinski definition) is 0. The molecule has 0 spiro atoms. The maximum absolute atomic E-state index is 11.8. The van der Waals surface area contributed by atoms with E-state index in [-0.39, 0.29) is 18.0 Å². The van der Waals surface area contributed by atoms with Gasteiger partial charge in [-0.15, -0.1) is 0 Å². The van der Waals surface area contributed by atoms with Gasteiger partial charge < -0.3 is 9.47 Å². The van der Waals surface area contributed by atoms with E-state index in [1.54, 1.807) is 13.8 Å². The largest absolute Gasteiger partial charge is 0.340 e. The third kappa shape index (κ3) is 1.87. The van der Waals surface area contributed by atoms with E-state index >= 15 is 0 Å². The number of Topliss-reactive ketones (excluding diaryl/α,β-unsaturated/α-hetero) is 2. The van der Waals surface area contributed by atoms with Gasteiger partial charge in [0.05, 0.1) is 4.48 Å². The molecule has 4 nitrogen and oxygen atoms in total. The minimum absolute atomic E-state index is 0.00806. The first kappa shape index (κ1) is 12.0. The second-order valence-electron chi connectivity index (χ2n) is 4.56. The summed E-state index contributed by atoms with van der Waals surface area (Å²) in [6.45, 7) is 5.02. The molecule has 0 unspecified atom stereocenters. The van der Waals surface area contributed by atoms with Gasteiger partial charge in [-0.3, -0.25) is 9.59 Å². The highest BCUT2D eigenvalue weighted by Crippen LogP contribution is 2.42. The molecule has 0 amide bonds. The van der Waals surface area contributed by atoms with Gasteiger partial charge in [0, 0.05) is 6.42 Å². The number of carbonyl (C=O) groups is 2. The number of ketones is 2. The summed E-state index contributed by atoms with van der Waals surface area (Å²) in [6, 6.07) is 0. The lowest BCUT2D eigenvalue weighted by Gasteiger charge is -2.18. The second kappa shape index (κ2) is 3.75. The molecule has 2 atom stereocenters. The standard InChI is InChI=1S/C11H13BrO4/c1-5(13)4-6-7(12)8(14)10-9(6)15-11(2,3)16-10/h9-10H,4H2,1-3H3/t9-,10+/m1/s1. The zero-order valence-corrected chi connectivity index (χ0v) is 11.0. The first-order valence-corrected chi connectivity index (χ1v) is 5.89. The van der Waals surface area contributed by atoms with Crippen molar-refractivity contribution in [2.45, 2.75) is 45.2 Å². The molecule has 0 aromatic carbocycles. The van der Waals surface area contributed by atoms with Crippen molar-refractivity contribution in [3.05, 3.63) is 10.1 Å². The summed E-state index contributed by atoms with van der Waals surface area (Å²) in [6.07, 6.45) is -0.785. The highest BCUT2D eigenvalue weighted by Gasteiger charge is 2.52. The van der Waals surface area contributed by atoms with Gasteiger partial charge in [-0.2, -0.15) is 0 Å². The lowest BCUT2D eigenvalue weighted by molar-refractivity contribution is -0.153. The monoisotopic (exact) mass is 288 g/mol. The van der Waals surface area contributed by atoms with Crippen LogP contribution in [-0.4, -0.2) is 29.6 Å². The zero-order chi connectivity index (χ0) is 12.1. The molecule has 1 aliphatic carbocycles. The molecule has 0 radical (unpaired) electrons. The third-order valence-corrected chi connectivity index (χ3v) is 3.54. The van der Waals surface area contributed by atoms with Crippen LogP contribution in [0.15, 0.2) is 10.1 Å². The highest BCUT2D eigenvalue weighted by molar-refractivity contribution is 9.12. The predicted molar refractivity (Wildman–Crippen MR) is 60.1 cm³/mol. The Balaban J connectivity index is 2.30. The van der Waals surface area contributed by atoms with Crippen molar-refractivity contribution in [2.75, 3.05) is 0 Å². The minimum atomic E-state index is -0.763. The molecule has 2 aliphatic rings. The summed E-state index contributed by atoms with van der Waals surface area (Å²) in [5.74, 6) is -0.888. The molecule has 1 fully saturated rings. The average molecular weight is 289 g/mol. The third-order valence-electron chi connectivity index (χ3n) is 2.64. The van der Waals surface area contributed by atoms with Gasteiger partial charge >= 0.3 is 0 Å². The van der Waals surface area contributed by atoms with Gasteiger partial charge in [0.15, 0.2) is 11.9 Å². The van der Waals surface area contributed by atoms with Crippen LogP contribution >= 0.6 is 15.9 Å². The Morgan fingerprint density at radius 1 is 1.38 bits per heavy atom. The lowest BCUT2D eigenvalue weighted by Crippen LogP contribution is -2.26. The van der Waals surface area contributed by atoms with Gasteiger partial charge in [0.25, 0.3) is 0 Å². The van der Waals surface area contributed by atoms with Gasteiger partial charge in [-0.05, 0) is 42.3 Å². The highest BCUT2D eigenvalue weighted by atomic mass is 79.9. The molecule has 0 saturated carbocycles. The Labute approximate surface area is 102 Å². The minimum Gasteiger partial charge on any atom is -0.340 e. The molecular formula is C11H13BrO4. The first-order chi connectivity index (χ1) is 7.32. The van der Waals surface area contributed by atoms with E-state index in [1.165, 1.54) is 6.92 Å². The summed E-state index contributed by atoms with van der Waals surface area (Å²) in [5.41, 5.74) is 0.702. The summed E-state index contributed by atoms with van der Waals surface area (Å²) in [5, 5.41) is 0. The van der Waals surface area contributed by atoms with Gasteiger partial charge in [0.1, 0.15) is 11.9 Å². The van der Waals surface area contributed by atoms with Gasteiger partial charge in [-0.25, -0.2) is 0 Å². The Bertz CT molecular complexity index is 397. The van der Waals surface area contributed by atoms with Crippen molar-refractivity contribution in [1.82, 2.24) is 0 Å². The van der Waals surface area contributed by atoms with Crippen LogP contribution in [0.25, 0.3) is 0 Å². The summed E-state index contributed by atoms with van der Waals surface area (Å²) < 4.78 is 11.6. The lowest BCUT2D eigenvalue weighted by atomic mass is 10.1. The molecule has 1 aliphatic heterocycles. The van der Waals surface area contributed by atoms with Crippen molar-refractivity contribution in [3.8, 4) is 0 Å². The van der Waals surface area contributed by atoms with E-state index in [0.29, 0.717) is 10.1 Å². The Hall–Kier alpha value is -0.520. The fourth-order valence-electron chi connectivity index (χ4n) is 2.06. The second-order valence-corrected chi connectivity index (χ2v) is 5.35. The topological polar surface area (TPSA) is 52.6 Å². The maximum atomic E-state index is 11.8. The van der Waals surface area contributed by atoms with Crippen molar-refractivity contribution in [2.24, 2.45) is 0 Å². The van der Waals surface area contributed by atoms with Crippen LogP contribution in [0.5, 0.6) is 0 Å². The maximum Gasteiger partial charge on any atom is 0.201 e. The van der Waals surface area contributed by atoms with E-state index in [9.17, 15) is 9.59 Å². The van der Waals surface area contributed by atoms with Crippen LogP contribution < -0.4 is 0 Å². The Morgan fingerprint density at radius 3 is 2.50 bits per heavy atom. The molecule has 0 aromatic rings. The quantitative estimate of drug-likeness (QED) is 0.776. The van der Waals surface area contributed by atoms with E-state index in [1.807, 2.05) is 0 Å². The molecule has 0 aromatic heterocycles. The van der Waals surface area contributed by atoms with E-state index in [2.05, 4.69) is 15.9 Å². The Kier molecular flexibility index (Phi) is 2.80. The van der Waals surface area contributed by atoms with E-state index in [4.69, 9.17) is 9.47 Å². The fraction of sp³-hybridized carbons (Fsp3) is 0.636. The van der Waals surface area contributed by atoms with Crippen molar-refractivity contribution < 1.29 is 19.1 Å². The molecule has 0 N–H and O–H groups in total. The molecule has 1 heterocycles. The van der Waals surface area contributed by atoms with Crippen molar-refractivity contribution in [1.29, 1.82) is 0 Å². The summed E-state index contributed by atoms with van der Waals surface area (Å²) >= 11 is 3.21. The van der Waals surface area contributed by atoms with Crippen molar-refractivity contribution >= 4 is 27.5 Å². The van der Waals surface area contributed by atoms with Gasteiger partial charge in [-0.1, -0.05) is 0 Å². The molecule has 1 saturated heterocycles. The SMILES string of the molecule is CC(=O)CC1=C(Br)C(=O)[C@@H]2OC(C)(C)O[C@H]12. The molecule has 2 rings (SSSR count). The zero-order valence-electron chi connectivity index (χ0n) is 9.37. The van der Waals surface area contributed by atoms with Crippen LogP contribution in [0.4, 0.5) is 0 Å². The van der Waals surface area contributed by atoms with E-state index < -0.39 is 18.0 Å². The average Bonchev–Trinajstić information content (AvgIpc) is 2.55. The number of hydrogen-bond acceptors (Lipinski definition) is 4. The predicted octanol–water partition coefficient (Wildman–Crippen LogP) is 1.72. The number of halogens is 1. The van der Waals surface area contributed by atoms with Crippen molar-refractivity contribution in [3.63, 3.8) is 0 Å². The normalized spacial score (nSPS) is 32.1. The van der Waals surface area contributed by atoms with Crippen LogP contribution in [0.1, 0.15) is 27.2 Å². The van der Waals surface area contributed by atoms with E-state index in [0.717, 1.165) is 0 Å². The molecule has 5 heteroatoms. The van der Waals surface area contributed by atoms with Crippen LogP contribution in [-0.2, 0) is 19.1 Å². The van der Waals surface area contributed by atoms with Crippen LogP contribution in [0.3, 0.4) is 0 Å². The number of carbonyl (C=O) groups excluding carboxylic acids is 2. The number of rotatable bonds is 2. The molecule has 88 valence electrons. The summed E-state index contributed by atoms with van der Waals surface area (Å²) in [4.78, 5) is 23.0. The summed E-state index contributed by atoms with van der Waals surface area (Å²) in [7, 11) is 0. The molecule has 0 bridgehead atoms. The number of ether oxygens (including phenoxy) is 2. The number of fused-ring (bicyclic) bond motifs is 1. The molecular weight excluding hydrogens is 276 g/mol. The smallest absolute Gasteiger partial charge is 0.201 e. The van der Waals surface area contributed by atoms with Crippen LogP contribution in [0, 0.1) is 0 Å².